The van der Waals surface area contributed by atoms with Gasteiger partial charge in [0.25, 0.3) is 0 Å². The van der Waals surface area contributed by atoms with E-state index < -0.39 is 0 Å². The molecular formula is C12H18N2O2. The van der Waals surface area contributed by atoms with Crippen molar-refractivity contribution in [2.24, 2.45) is 0 Å². The highest BCUT2D eigenvalue weighted by Gasteiger charge is 2.21. The number of nitrogens with zero attached hydrogens (tertiary/aromatic N) is 1. The number of likely N-dealkylation sites (N-methyl/N-ethyl adjacent to an activating group) is 1. The maximum absolute atomic E-state index is 5.30. The molecule has 1 atom stereocenters. The number of nitrogens with one attached hydrogen (secondary N) is 1. The SMILES string of the molecule is COc1cc2c(cc1OC)N(C)CC(C)N2. The Morgan fingerprint density at radius 3 is 2.50 bits per heavy atom. The Morgan fingerprint density at radius 2 is 1.88 bits per heavy atom. The van der Waals surface area contributed by atoms with Crippen molar-refractivity contribution in [2.75, 3.05) is 38.0 Å². The van der Waals surface area contributed by atoms with Gasteiger partial charge in [-0.25, -0.2) is 0 Å². The summed E-state index contributed by atoms with van der Waals surface area (Å²) in [5.41, 5.74) is 2.25. The molecule has 1 aliphatic heterocycles. The summed E-state index contributed by atoms with van der Waals surface area (Å²) >= 11 is 0. The number of hydrogen-bond acceptors (Lipinski definition) is 4. The zero-order valence-electron chi connectivity index (χ0n) is 10.2. The lowest BCUT2D eigenvalue weighted by Gasteiger charge is -2.33. The second-order valence-corrected chi connectivity index (χ2v) is 4.15. The monoisotopic (exact) mass is 222 g/mol. The Balaban J connectivity index is 2.47. The zero-order chi connectivity index (χ0) is 11.7. The summed E-state index contributed by atoms with van der Waals surface area (Å²) in [5, 5.41) is 3.44. The highest BCUT2D eigenvalue weighted by molar-refractivity contribution is 5.77. The smallest absolute Gasteiger partial charge is 0.162 e. The fourth-order valence-corrected chi connectivity index (χ4v) is 2.12. The van der Waals surface area contributed by atoms with Crippen LogP contribution < -0.4 is 19.7 Å². The highest BCUT2D eigenvalue weighted by atomic mass is 16.5. The average molecular weight is 222 g/mol. The maximum Gasteiger partial charge on any atom is 0.162 e. The Kier molecular flexibility index (Phi) is 2.81. The van der Waals surface area contributed by atoms with E-state index in [-0.39, 0.29) is 0 Å². The first-order valence-electron chi connectivity index (χ1n) is 5.39. The van der Waals surface area contributed by atoms with Gasteiger partial charge in [0.2, 0.25) is 0 Å². The minimum absolute atomic E-state index is 0.440. The van der Waals surface area contributed by atoms with Crippen molar-refractivity contribution in [1.82, 2.24) is 0 Å². The van der Waals surface area contributed by atoms with Gasteiger partial charge in [-0.3, -0.25) is 0 Å². The van der Waals surface area contributed by atoms with Crippen LogP contribution in [0.1, 0.15) is 6.92 Å². The van der Waals surface area contributed by atoms with Crippen LogP contribution in [-0.4, -0.2) is 33.9 Å². The minimum Gasteiger partial charge on any atom is -0.493 e. The summed E-state index contributed by atoms with van der Waals surface area (Å²) in [6.07, 6.45) is 0. The summed E-state index contributed by atoms with van der Waals surface area (Å²) < 4.78 is 10.6. The number of methoxy groups -OCH3 is 2. The van der Waals surface area contributed by atoms with Gasteiger partial charge >= 0.3 is 0 Å². The van der Waals surface area contributed by atoms with Crippen LogP contribution in [0.25, 0.3) is 0 Å². The number of hydrogen-bond donors (Lipinski definition) is 1. The molecule has 4 nitrogen and oxygen atoms in total. The lowest BCUT2D eigenvalue weighted by molar-refractivity contribution is 0.355. The molecule has 0 fully saturated rings. The minimum atomic E-state index is 0.440. The number of ether oxygens (including phenoxy) is 2. The van der Waals surface area contributed by atoms with Gasteiger partial charge in [0.15, 0.2) is 11.5 Å². The third kappa shape index (κ3) is 1.75. The van der Waals surface area contributed by atoms with E-state index in [1.807, 2.05) is 12.1 Å². The zero-order valence-corrected chi connectivity index (χ0v) is 10.2. The molecule has 16 heavy (non-hydrogen) atoms. The predicted octanol–water partition coefficient (Wildman–Crippen LogP) is 1.95. The van der Waals surface area contributed by atoms with E-state index in [4.69, 9.17) is 9.47 Å². The first-order chi connectivity index (χ1) is 7.65. The molecule has 0 bridgehead atoms. The molecule has 0 saturated heterocycles. The predicted molar refractivity (Wildman–Crippen MR) is 65.9 cm³/mol. The van der Waals surface area contributed by atoms with Crippen LogP contribution in [0.4, 0.5) is 11.4 Å². The molecule has 0 radical (unpaired) electrons. The van der Waals surface area contributed by atoms with Gasteiger partial charge in [0.05, 0.1) is 25.6 Å². The number of fused-ring (bicyclic) bond motifs is 1. The molecule has 1 unspecified atom stereocenters. The number of benzene rings is 1. The van der Waals surface area contributed by atoms with Crippen molar-refractivity contribution < 1.29 is 9.47 Å². The lowest BCUT2D eigenvalue weighted by Crippen LogP contribution is -2.37. The summed E-state index contributed by atoms with van der Waals surface area (Å²) in [6.45, 7) is 3.15. The van der Waals surface area contributed by atoms with Crippen LogP contribution in [0.15, 0.2) is 12.1 Å². The molecule has 0 amide bonds. The summed E-state index contributed by atoms with van der Waals surface area (Å²) in [4.78, 5) is 2.22. The van der Waals surface area contributed by atoms with Gasteiger partial charge in [-0.1, -0.05) is 0 Å². The van der Waals surface area contributed by atoms with E-state index in [0.717, 1.165) is 29.4 Å². The molecule has 1 heterocycles. The van der Waals surface area contributed by atoms with Gasteiger partial charge in [-0.05, 0) is 6.92 Å². The van der Waals surface area contributed by atoms with Crippen LogP contribution in [0.5, 0.6) is 11.5 Å². The Hall–Kier alpha value is -1.58. The maximum atomic E-state index is 5.30. The fourth-order valence-electron chi connectivity index (χ4n) is 2.12. The fraction of sp³-hybridized carbons (Fsp3) is 0.500. The quantitative estimate of drug-likeness (QED) is 0.829. The molecule has 1 N–H and O–H groups in total. The second-order valence-electron chi connectivity index (χ2n) is 4.15. The van der Waals surface area contributed by atoms with Gasteiger partial charge in [-0.15, -0.1) is 0 Å². The number of anilines is 2. The van der Waals surface area contributed by atoms with Gasteiger partial charge in [-0.2, -0.15) is 0 Å². The van der Waals surface area contributed by atoms with Crippen molar-refractivity contribution in [3.8, 4) is 11.5 Å². The summed E-state index contributed by atoms with van der Waals surface area (Å²) in [7, 11) is 5.39. The van der Waals surface area contributed by atoms with E-state index >= 15 is 0 Å². The molecule has 0 saturated carbocycles. The Labute approximate surface area is 96.2 Å². The van der Waals surface area contributed by atoms with Crippen LogP contribution in [0.2, 0.25) is 0 Å². The summed E-state index contributed by atoms with van der Waals surface area (Å²) in [5.74, 6) is 1.53. The standard InChI is InChI=1S/C12H18N2O2/c1-8-7-14(2)10-6-12(16-4)11(15-3)5-9(10)13-8/h5-6,8,13H,7H2,1-4H3. The lowest BCUT2D eigenvalue weighted by atomic mass is 10.1. The van der Waals surface area contributed by atoms with Crippen LogP contribution in [0, 0.1) is 0 Å². The third-order valence-corrected chi connectivity index (χ3v) is 2.86. The average Bonchev–Trinajstić information content (AvgIpc) is 2.27. The summed E-state index contributed by atoms with van der Waals surface area (Å²) in [6, 6.07) is 4.43. The Morgan fingerprint density at radius 1 is 1.25 bits per heavy atom. The van der Waals surface area contributed by atoms with Crippen molar-refractivity contribution in [3.63, 3.8) is 0 Å². The van der Waals surface area contributed by atoms with Crippen molar-refractivity contribution >= 4 is 11.4 Å². The topological polar surface area (TPSA) is 33.7 Å². The van der Waals surface area contributed by atoms with E-state index in [1.54, 1.807) is 14.2 Å². The molecule has 0 spiro atoms. The van der Waals surface area contributed by atoms with E-state index in [1.165, 1.54) is 0 Å². The van der Waals surface area contributed by atoms with E-state index in [2.05, 4.69) is 24.2 Å². The highest BCUT2D eigenvalue weighted by Crippen LogP contribution is 2.39. The number of rotatable bonds is 2. The second kappa shape index (κ2) is 4.12. The first kappa shape index (κ1) is 10.9. The van der Waals surface area contributed by atoms with Crippen LogP contribution >= 0.6 is 0 Å². The molecule has 1 aromatic carbocycles. The van der Waals surface area contributed by atoms with Crippen LogP contribution in [-0.2, 0) is 0 Å². The molecular weight excluding hydrogens is 204 g/mol. The van der Waals surface area contributed by atoms with Crippen molar-refractivity contribution in [3.05, 3.63) is 12.1 Å². The largest absolute Gasteiger partial charge is 0.493 e. The van der Waals surface area contributed by atoms with Crippen molar-refractivity contribution in [1.29, 1.82) is 0 Å². The van der Waals surface area contributed by atoms with E-state index in [0.29, 0.717) is 6.04 Å². The van der Waals surface area contributed by atoms with Gasteiger partial charge < -0.3 is 19.7 Å². The van der Waals surface area contributed by atoms with Crippen LogP contribution in [0.3, 0.4) is 0 Å². The molecule has 88 valence electrons. The van der Waals surface area contributed by atoms with Gasteiger partial charge in [0.1, 0.15) is 0 Å². The molecule has 1 aliphatic rings. The normalized spacial score (nSPS) is 18.8. The molecule has 2 rings (SSSR count). The molecule has 0 aromatic heterocycles. The first-order valence-corrected chi connectivity index (χ1v) is 5.39. The van der Waals surface area contributed by atoms with Crippen molar-refractivity contribution in [2.45, 2.75) is 13.0 Å². The van der Waals surface area contributed by atoms with Gasteiger partial charge in [0, 0.05) is 31.8 Å². The molecule has 0 aliphatic carbocycles. The molecule has 1 aromatic rings. The molecule has 4 heteroatoms. The van der Waals surface area contributed by atoms with E-state index in [9.17, 15) is 0 Å². The Bertz CT molecular complexity index is 393. The third-order valence-electron chi connectivity index (χ3n) is 2.86.